The monoisotopic (exact) mass is 683 g/mol. The molecule has 3 aliphatic rings. The minimum atomic E-state index is -0.461. The van der Waals surface area contributed by atoms with Gasteiger partial charge in [-0.25, -0.2) is 0 Å². The molecular formula is C52H45N. The largest absolute Gasteiger partial charge is 0.310 e. The molecule has 1 fully saturated rings. The first kappa shape index (κ1) is 32.0. The number of fused-ring (bicyclic) bond motifs is 6. The Bertz CT molecular complexity index is 2410. The molecule has 0 saturated heterocycles. The minimum Gasteiger partial charge on any atom is -0.310 e. The van der Waals surface area contributed by atoms with E-state index in [4.69, 9.17) is 0 Å². The molecule has 0 radical (unpaired) electrons. The Morgan fingerprint density at radius 2 is 0.906 bits per heavy atom. The van der Waals surface area contributed by atoms with E-state index >= 15 is 0 Å². The molecule has 0 aromatic heterocycles. The second-order valence-electron chi connectivity index (χ2n) is 15.9. The molecule has 53 heavy (non-hydrogen) atoms. The molecule has 0 amide bonds. The van der Waals surface area contributed by atoms with Gasteiger partial charge in [-0.15, -0.1) is 0 Å². The maximum atomic E-state index is 2.60. The fourth-order valence-electron chi connectivity index (χ4n) is 10.2. The van der Waals surface area contributed by atoms with Crippen LogP contribution in [0.1, 0.15) is 90.8 Å². The topological polar surface area (TPSA) is 3.24 Å². The van der Waals surface area contributed by atoms with Crippen LogP contribution in [0.5, 0.6) is 0 Å². The van der Waals surface area contributed by atoms with Crippen molar-refractivity contribution in [1.29, 1.82) is 0 Å². The zero-order chi connectivity index (χ0) is 35.6. The van der Waals surface area contributed by atoms with Crippen LogP contribution in [0, 0.1) is 0 Å². The summed E-state index contributed by atoms with van der Waals surface area (Å²) in [5.41, 5.74) is 18.0. The Morgan fingerprint density at radius 1 is 0.415 bits per heavy atom. The molecule has 10 rings (SSSR count). The molecule has 0 unspecified atom stereocenters. The van der Waals surface area contributed by atoms with Gasteiger partial charge in [-0.1, -0.05) is 167 Å². The molecule has 3 aliphatic carbocycles. The van der Waals surface area contributed by atoms with Crippen LogP contribution in [0.3, 0.4) is 0 Å². The van der Waals surface area contributed by atoms with E-state index in [0.29, 0.717) is 5.92 Å². The number of hydrogen-bond donors (Lipinski definition) is 0. The quantitative estimate of drug-likeness (QED) is 0.169. The predicted octanol–water partition coefficient (Wildman–Crippen LogP) is 13.9. The Balaban J connectivity index is 1.21. The molecule has 0 aliphatic heterocycles. The Kier molecular flexibility index (Phi) is 7.55. The van der Waals surface area contributed by atoms with Crippen LogP contribution in [0.4, 0.5) is 17.1 Å². The number of anilines is 3. The van der Waals surface area contributed by atoms with Crippen LogP contribution >= 0.6 is 0 Å². The van der Waals surface area contributed by atoms with Gasteiger partial charge in [-0.05, 0) is 116 Å². The highest BCUT2D eigenvalue weighted by atomic mass is 15.1. The summed E-state index contributed by atoms with van der Waals surface area (Å²) in [6, 6.07) is 64.3. The lowest BCUT2D eigenvalue weighted by molar-refractivity contribution is 0.443. The summed E-state index contributed by atoms with van der Waals surface area (Å²) < 4.78 is 0. The molecule has 1 heteroatoms. The van der Waals surface area contributed by atoms with Gasteiger partial charge in [-0.2, -0.15) is 0 Å². The fraction of sp³-hybridized carbons (Fsp3) is 0.192. The van der Waals surface area contributed by atoms with Crippen molar-refractivity contribution in [2.24, 2.45) is 0 Å². The SMILES string of the molecule is CC1(C)c2ccccc2-c2ccc(N(c3ccccc3)c3ccc4c(c3)C(c3ccccc3)(c3ccccc3)c3cc(C5CCCCC5)ccc3-4)cc21. The summed E-state index contributed by atoms with van der Waals surface area (Å²) in [4.78, 5) is 2.47. The highest BCUT2D eigenvalue weighted by Crippen LogP contribution is 2.58. The van der Waals surface area contributed by atoms with Gasteiger partial charge in [0.25, 0.3) is 0 Å². The van der Waals surface area contributed by atoms with E-state index in [1.807, 2.05) is 0 Å². The highest BCUT2D eigenvalue weighted by Gasteiger charge is 2.47. The molecule has 7 aromatic carbocycles. The molecule has 0 atom stereocenters. The number of benzene rings is 7. The lowest BCUT2D eigenvalue weighted by Gasteiger charge is -2.35. The zero-order valence-corrected chi connectivity index (χ0v) is 30.7. The first-order chi connectivity index (χ1) is 26.0. The number of para-hydroxylation sites is 1. The third kappa shape index (κ3) is 4.90. The third-order valence-corrected chi connectivity index (χ3v) is 12.7. The van der Waals surface area contributed by atoms with Gasteiger partial charge >= 0.3 is 0 Å². The summed E-state index contributed by atoms with van der Waals surface area (Å²) in [5, 5.41) is 0. The summed E-state index contributed by atoms with van der Waals surface area (Å²) >= 11 is 0. The van der Waals surface area contributed by atoms with Gasteiger partial charge in [0.05, 0.1) is 5.41 Å². The first-order valence-corrected chi connectivity index (χ1v) is 19.5. The predicted molar refractivity (Wildman–Crippen MR) is 222 cm³/mol. The maximum Gasteiger partial charge on any atom is 0.0714 e. The van der Waals surface area contributed by atoms with Gasteiger partial charge < -0.3 is 4.90 Å². The zero-order valence-electron chi connectivity index (χ0n) is 30.7. The van der Waals surface area contributed by atoms with Crippen molar-refractivity contribution in [3.8, 4) is 22.3 Å². The van der Waals surface area contributed by atoms with Gasteiger partial charge in [0.15, 0.2) is 0 Å². The number of rotatable bonds is 6. The standard InChI is InChI=1S/C52H45N/c1-51(2)47-26-16-15-25-43(47)44-31-28-41(34-48(44)51)53(40-23-13-6-14-24-40)42-29-32-46-45-30-27-37(36-17-7-3-8-18-36)33-49(45)52(50(46)35-42,38-19-9-4-10-20-38)39-21-11-5-12-22-39/h4-6,9-16,19-36H,3,7-8,17-18H2,1-2H3. The summed E-state index contributed by atoms with van der Waals surface area (Å²) in [7, 11) is 0. The second kappa shape index (κ2) is 12.5. The van der Waals surface area contributed by atoms with Crippen LogP contribution in [-0.4, -0.2) is 0 Å². The molecule has 0 spiro atoms. The average molecular weight is 684 g/mol. The molecule has 0 heterocycles. The molecule has 7 aromatic rings. The van der Waals surface area contributed by atoms with Crippen molar-refractivity contribution in [2.75, 3.05) is 4.90 Å². The van der Waals surface area contributed by atoms with Crippen LogP contribution in [0.2, 0.25) is 0 Å². The van der Waals surface area contributed by atoms with E-state index in [-0.39, 0.29) is 5.41 Å². The normalized spacial score (nSPS) is 16.3. The van der Waals surface area contributed by atoms with E-state index in [9.17, 15) is 0 Å². The lowest BCUT2D eigenvalue weighted by atomic mass is 9.67. The van der Waals surface area contributed by atoms with E-state index in [1.165, 1.54) is 105 Å². The fourth-order valence-corrected chi connectivity index (χ4v) is 10.2. The van der Waals surface area contributed by atoms with Crippen molar-refractivity contribution >= 4 is 17.1 Å². The first-order valence-electron chi connectivity index (χ1n) is 19.5. The van der Waals surface area contributed by atoms with Gasteiger partial charge in [-0.3, -0.25) is 0 Å². The lowest BCUT2D eigenvalue weighted by Crippen LogP contribution is -2.29. The Labute approximate surface area is 314 Å². The molecule has 1 nitrogen and oxygen atoms in total. The van der Waals surface area contributed by atoms with Crippen molar-refractivity contribution in [3.05, 3.63) is 209 Å². The summed E-state index contributed by atoms with van der Waals surface area (Å²) in [6.45, 7) is 4.74. The molecular weight excluding hydrogens is 639 g/mol. The van der Waals surface area contributed by atoms with E-state index in [0.717, 1.165) is 5.69 Å². The van der Waals surface area contributed by atoms with Crippen LogP contribution in [-0.2, 0) is 10.8 Å². The van der Waals surface area contributed by atoms with Crippen molar-refractivity contribution in [2.45, 2.75) is 62.7 Å². The summed E-state index contributed by atoms with van der Waals surface area (Å²) in [6.07, 6.45) is 6.59. The maximum absolute atomic E-state index is 2.60. The van der Waals surface area contributed by atoms with E-state index < -0.39 is 5.41 Å². The van der Waals surface area contributed by atoms with Gasteiger partial charge in [0.2, 0.25) is 0 Å². The smallest absolute Gasteiger partial charge is 0.0714 e. The summed E-state index contributed by atoms with van der Waals surface area (Å²) in [5.74, 6) is 0.626. The molecule has 0 bridgehead atoms. The highest BCUT2D eigenvalue weighted by molar-refractivity contribution is 5.91. The molecule has 0 N–H and O–H groups in total. The van der Waals surface area contributed by atoms with Crippen molar-refractivity contribution < 1.29 is 0 Å². The van der Waals surface area contributed by atoms with Crippen LogP contribution in [0.25, 0.3) is 22.3 Å². The van der Waals surface area contributed by atoms with Gasteiger partial charge in [0.1, 0.15) is 0 Å². The Morgan fingerprint density at radius 3 is 1.55 bits per heavy atom. The van der Waals surface area contributed by atoms with Crippen molar-refractivity contribution in [1.82, 2.24) is 0 Å². The van der Waals surface area contributed by atoms with Gasteiger partial charge in [0, 0.05) is 22.5 Å². The van der Waals surface area contributed by atoms with Crippen molar-refractivity contribution in [3.63, 3.8) is 0 Å². The van der Waals surface area contributed by atoms with Crippen LogP contribution in [0.15, 0.2) is 170 Å². The third-order valence-electron chi connectivity index (χ3n) is 12.7. The molecule has 258 valence electrons. The number of nitrogens with zero attached hydrogens (tertiary/aromatic N) is 1. The minimum absolute atomic E-state index is 0.0876. The second-order valence-corrected chi connectivity index (χ2v) is 15.9. The Hall–Kier alpha value is -5.66. The van der Waals surface area contributed by atoms with E-state index in [2.05, 4.69) is 189 Å². The van der Waals surface area contributed by atoms with E-state index in [1.54, 1.807) is 0 Å². The average Bonchev–Trinajstić information content (AvgIpc) is 3.64. The van der Waals surface area contributed by atoms with Crippen LogP contribution < -0.4 is 4.90 Å². The molecule has 1 saturated carbocycles. The number of hydrogen-bond acceptors (Lipinski definition) is 1.